The summed E-state index contributed by atoms with van der Waals surface area (Å²) in [6, 6.07) is 9.71. The molecule has 1 heterocycles. The average molecular weight is 234 g/mol. The molecule has 4 heteroatoms. The standard InChI is InChI=1S/C13H14O4/c14-13(15)9-7-11-6-8-12(17-16-11)10-4-2-1-3-5-10/h1-6,8,11-12H,7,9H2,(H,14,15)/t11-,12+/m1/s1. The average Bonchev–Trinajstić information content (AvgIpc) is 2.38. The van der Waals surface area contributed by atoms with Gasteiger partial charge in [0, 0.05) is 6.42 Å². The Morgan fingerprint density at radius 1 is 1.18 bits per heavy atom. The number of hydrogen-bond donors (Lipinski definition) is 1. The lowest BCUT2D eigenvalue weighted by Gasteiger charge is -2.22. The van der Waals surface area contributed by atoms with Gasteiger partial charge >= 0.3 is 5.97 Å². The van der Waals surface area contributed by atoms with Gasteiger partial charge in [-0.2, -0.15) is 0 Å². The van der Waals surface area contributed by atoms with Crippen molar-refractivity contribution in [1.29, 1.82) is 0 Å². The molecule has 0 fully saturated rings. The second kappa shape index (κ2) is 5.61. The van der Waals surface area contributed by atoms with E-state index in [-0.39, 0.29) is 18.6 Å². The molecule has 1 aliphatic heterocycles. The molecule has 1 aromatic carbocycles. The van der Waals surface area contributed by atoms with Crippen molar-refractivity contribution in [2.45, 2.75) is 25.0 Å². The van der Waals surface area contributed by atoms with Gasteiger partial charge < -0.3 is 5.11 Å². The van der Waals surface area contributed by atoms with E-state index in [1.165, 1.54) is 0 Å². The molecule has 90 valence electrons. The van der Waals surface area contributed by atoms with Gasteiger partial charge in [0.1, 0.15) is 12.2 Å². The largest absolute Gasteiger partial charge is 0.481 e. The van der Waals surface area contributed by atoms with Crippen LogP contribution in [0, 0.1) is 0 Å². The van der Waals surface area contributed by atoms with Gasteiger partial charge in [0.05, 0.1) is 0 Å². The van der Waals surface area contributed by atoms with Crippen LogP contribution in [0.1, 0.15) is 24.5 Å². The van der Waals surface area contributed by atoms with Gasteiger partial charge in [0.25, 0.3) is 0 Å². The lowest BCUT2D eigenvalue weighted by atomic mass is 10.1. The van der Waals surface area contributed by atoms with Gasteiger partial charge in [-0.05, 0) is 18.1 Å². The molecule has 0 saturated carbocycles. The molecule has 4 nitrogen and oxygen atoms in total. The van der Waals surface area contributed by atoms with Crippen LogP contribution in [0.3, 0.4) is 0 Å². The fourth-order valence-electron chi connectivity index (χ4n) is 1.64. The lowest BCUT2D eigenvalue weighted by molar-refractivity contribution is -0.343. The number of carboxylic acid groups (broad SMARTS) is 1. The maximum Gasteiger partial charge on any atom is 0.303 e. The topological polar surface area (TPSA) is 55.8 Å². The van der Waals surface area contributed by atoms with E-state index in [0.717, 1.165) is 5.56 Å². The second-order valence-electron chi connectivity index (χ2n) is 3.88. The molecule has 1 aromatic rings. The second-order valence-corrected chi connectivity index (χ2v) is 3.88. The lowest BCUT2D eigenvalue weighted by Crippen LogP contribution is -2.19. The highest BCUT2D eigenvalue weighted by Gasteiger charge is 2.19. The van der Waals surface area contributed by atoms with E-state index in [2.05, 4.69) is 0 Å². The minimum atomic E-state index is -0.827. The van der Waals surface area contributed by atoms with Crippen LogP contribution < -0.4 is 0 Å². The van der Waals surface area contributed by atoms with Gasteiger partial charge in [-0.15, -0.1) is 0 Å². The van der Waals surface area contributed by atoms with Gasteiger partial charge in [-0.25, -0.2) is 9.78 Å². The summed E-state index contributed by atoms with van der Waals surface area (Å²) < 4.78 is 0. The molecule has 0 saturated heterocycles. The van der Waals surface area contributed by atoms with Crippen molar-refractivity contribution in [2.75, 3.05) is 0 Å². The number of aliphatic carboxylic acids is 1. The molecule has 0 amide bonds. The first-order valence-corrected chi connectivity index (χ1v) is 5.53. The zero-order chi connectivity index (χ0) is 12.1. The molecule has 1 N–H and O–H groups in total. The number of benzene rings is 1. The molecule has 2 rings (SSSR count). The third kappa shape index (κ3) is 3.41. The fraction of sp³-hybridized carbons (Fsp3) is 0.308. The van der Waals surface area contributed by atoms with E-state index in [0.29, 0.717) is 6.42 Å². The quantitative estimate of drug-likeness (QED) is 0.642. The number of carboxylic acids is 1. The summed E-state index contributed by atoms with van der Waals surface area (Å²) in [6.07, 6.45) is 3.76. The Bertz CT molecular complexity index is 399. The molecule has 1 aliphatic rings. The summed E-state index contributed by atoms with van der Waals surface area (Å²) in [5.41, 5.74) is 1.01. The Labute approximate surface area is 99.4 Å². The molecule has 0 aliphatic carbocycles. The first kappa shape index (κ1) is 11.8. The molecule has 0 bridgehead atoms. The summed E-state index contributed by atoms with van der Waals surface area (Å²) in [4.78, 5) is 20.8. The van der Waals surface area contributed by atoms with Crippen molar-refractivity contribution >= 4 is 5.97 Å². The van der Waals surface area contributed by atoms with Crippen molar-refractivity contribution in [1.82, 2.24) is 0 Å². The van der Waals surface area contributed by atoms with Crippen molar-refractivity contribution < 1.29 is 19.7 Å². The Kier molecular flexibility index (Phi) is 3.90. The molecular formula is C13H14O4. The van der Waals surface area contributed by atoms with Crippen LogP contribution in [-0.4, -0.2) is 17.2 Å². The van der Waals surface area contributed by atoms with Crippen LogP contribution in [0.5, 0.6) is 0 Å². The third-order valence-corrected chi connectivity index (χ3v) is 2.55. The Hall–Kier alpha value is -1.65. The van der Waals surface area contributed by atoms with Gasteiger partial charge in [-0.1, -0.05) is 36.4 Å². The van der Waals surface area contributed by atoms with Crippen molar-refractivity contribution in [3.63, 3.8) is 0 Å². The van der Waals surface area contributed by atoms with E-state index in [1.807, 2.05) is 42.5 Å². The highest BCUT2D eigenvalue weighted by molar-refractivity contribution is 5.66. The van der Waals surface area contributed by atoms with Gasteiger partial charge in [0.2, 0.25) is 0 Å². The molecule has 0 spiro atoms. The van der Waals surface area contributed by atoms with Gasteiger partial charge in [0.15, 0.2) is 0 Å². The van der Waals surface area contributed by atoms with Crippen molar-refractivity contribution in [2.24, 2.45) is 0 Å². The Morgan fingerprint density at radius 3 is 2.53 bits per heavy atom. The minimum absolute atomic E-state index is 0.0777. The summed E-state index contributed by atoms with van der Waals surface area (Å²) in [5, 5.41) is 8.55. The van der Waals surface area contributed by atoms with E-state index in [9.17, 15) is 4.79 Å². The van der Waals surface area contributed by atoms with Crippen molar-refractivity contribution in [3.8, 4) is 0 Å². The van der Waals surface area contributed by atoms with E-state index in [1.54, 1.807) is 0 Å². The maximum atomic E-state index is 10.4. The van der Waals surface area contributed by atoms with Crippen LogP contribution >= 0.6 is 0 Å². The zero-order valence-electron chi connectivity index (χ0n) is 9.28. The van der Waals surface area contributed by atoms with E-state index in [4.69, 9.17) is 14.9 Å². The Balaban J connectivity index is 1.91. The highest BCUT2D eigenvalue weighted by Crippen LogP contribution is 2.25. The van der Waals surface area contributed by atoms with Crippen LogP contribution in [-0.2, 0) is 14.6 Å². The summed E-state index contributed by atoms with van der Waals surface area (Å²) in [5.74, 6) is -0.827. The minimum Gasteiger partial charge on any atom is -0.481 e. The molecule has 0 unspecified atom stereocenters. The summed E-state index contributed by atoms with van der Waals surface area (Å²) in [6.45, 7) is 0. The smallest absolute Gasteiger partial charge is 0.303 e. The monoisotopic (exact) mass is 234 g/mol. The zero-order valence-corrected chi connectivity index (χ0v) is 9.28. The molecule has 2 atom stereocenters. The molecule has 0 aromatic heterocycles. The van der Waals surface area contributed by atoms with Gasteiger partial charge in [-0.3, -0.25) is 4.79 Å². The number of hydrogen-bond acceptors (Lipinski definition) is 3. The SMILES string of the molecule is O=C(O)CC[C@H]1C=C[C@@H](c2ccccc2)OO1. The summed E-state index contributed by atoms with van der Waals surface area (Å²) >= 11 is 0. The van der Waals surface area contributed by atoms with Crippen LogP contribution in [0.2, 0.25) is 0 Å². The first-order chi connectivity index (χ1) is 8.25. The predicted octanol–water partition coefficient (Wildman–Crippen LogP) is 2.48. The van der Waals surface area contributed by atoms with Crippen molar-refractivity contribution in [3.05, 3.63) is 48.0 Å². The fourth-order valence-corrected chi connectivity index (χ4v) is 1.64. The highest BCUT2D eigenvalue weighted by atomic mass is 17.2. The van der Waals surface area contributed by atoms with Crippen LogP contribution in [0.25, 0.3) is 0 Å². The molecule has 0 radical (unpaired) electrons. The number of carbonyl (C=O) groups is 1. The van der Waals surface area contributed by atoms with Crippen LogP contribution in [0.15, 0.2) is 42.5 Å². The number of rotatable bonds is 4. The normalized spacial score (nSPS) is 23.5. The Morgan fingerprint density at radius 2 is 1.94 bits per heavy atom. The van der Waals surface area contributed by atoms with E-state index >= 15 is 0 Å². The maximum absolute atomic E-state index is 10.4. The predicted molar refractivity (Wildman–Crippen MR) is 61.2 cm³/mol. The third-order valence-electron chi connectivity index (χ3n) is 2.55. The van der Waals surface area contributed by atoms with Crippen LogP contribution in [0.4, 0.5) is 0 Å². The van der Waals surface area contributed by atoms with E-state index < -0.39 is 5.97 Å². The summed E-state index contributed by atoms with van der Waals surface area (Å²) in [7, 11) is 0. The molecule has 17 heavy (non-hydrogen) atoms. The molecular weight excluding hydrogens is 220 g/mol. The first-order valence-electron chi connectivity index (χ1n) is 5.53.